The van der Waals surface area contributed by atoms with E-state index in [1.165, 1.54) is 0 Å². The first kappa shape index (κ1) is 12.3. The van der Waals surface area contributed by atoms with E-state index >= 15 is 0 Å². The number of hydroxylamine groups is 1. The Kier molecular flexibility index (Phi) is 3.91. The summed E-state index contributed by atoms with van der Waals surface area (Å²) in [6.07, 6.45) is 5.83. The molecule has 94 valence electrons. The van der Waals surface area contributed by atoms with Crippen molar-refractivity contribution in [2.45, 2.75) is 38.6 Å². The number of hydrogen-bond donors (Lipinski definition) is 2. The van der Waals surface area contributed by atoms with Gasteiger partial charge in [0.05, 0.1) is 0 Å². The number of nitrogens with one attached hydrogen (secondary N) is 1. The van der Waals surface area contributed by atoms with Crippen LogP contribution in [0.15, 0.2) is 12.4 Å². The van der Waals surface area contributed by atoms with Crippen LogP contribution in [-0.2, 0) is 0 Å². The van der Waals surface area contributed by atoms with Crippen molar-refractivity contribution >= 4 is 5.95 Å². The molecule has 17 heavy (non-hydrogen) atoms. The highest BCUT2D eigenvalue weighted by atomic mass is 16.5. The molecule has 0 amide bonds. The van der Waals surface area contributed by atoms with Crippen molar-refractivity contribution in [2.24, 2.45) is 0 Å². The lowest BCUT2D eigenvalue weighted by atomic mass is 10.1. The van der Waals surface area contributed by atoms with Gasteiger partial charge in [-0.2, -0.15) is 0 Å². The number of anilines is 1. The van der Waals surface area contributed by atoms with Gasteiger partial charge in [0.15, 0.2) is 0 Å². The summed E-state index contributed by atoms with van der Waals surface area (Å²) in [5, 5.41) is 8.96. The van der Waals surface area contributed by atoms with Crippen LogP contribution in [0.2, 0.25) is 0 Å². The highest BCUT2D eigenvalue weighted by molar-refractivity contribution is 5.31. The van der Waals surface area contributed by atoms with Gasteiger partial charge in [-0.05, 0) is 24.3 Å². The third kappa shape index (κ3) is 2.92. The second-order valence-corrected chi connectivity index (χ2v) is 4.89. The van der Waals surface area contributed by atoms with Crippen LogP contribution in [0.3, 0.4) is 0 Å². The molecule has 1 saturated heterocycles. The monoisotopic (exact) mass is 236 g/mol. The first-order valence-corrected chi connectivity index (χ1v) is 6.17. The standard InChI is InChI=1S/C12H20N4O/c1-9(2)10-6-13-12(14-7-10)16-5-3-4-11(8-16)15-17/h6-7,9,11,15,17H,3-5,8H2,1-2H3. The number of rotatable bonds is 3. The summed E-state index contributed by atoms with van der Waals surface area (Å²) < 4.78 is 0. The fraction of sp³-hybridized carbons (Fsp3) is 0.667. The Bertz CT molecular complexity index is 352. The van der Waals surface area contributed by atoms with Crippen molar-refractivity contribution in [1.29, 1.82) is 0 Å². The van der Waals surface area contributed by atoms with E-state index in [4.69, 9.17) is 5.21 Å². The summed E-state index contributed by atoms with van der Waals surface area (Å²) in [5.74, 6) is 1.21. The molecule has 0 bridgehead atoms. The fourth-order valence-electron chi connectivity index (χ4n) is 2.06. The zero-order valence-electron chi connectivity index (χ0n) is 10.4. The van der Waals surface area contributed by atoms with E-state index in [2.05, 4.69) is 34.2 Å². The first-order chi connectivity index (χ1) is 8.20. The van der Waals surface area contributed by atoms with Gasteiger partial charge >= 0.3 is 0 Å². The SMILES string of the molecule is CC(C)c1cnc(N2CCCC(NO)C2)nc1. The quantitative estimate of drug-likeness (QED) is 0.780. The molecule has 0 spiro atoms. The smallest absolute Gasteiger partial charge is 0.225 e. The maximum absolute atomic E-state index is 8.96. The van der Waals surface area contributed by atoms with E-state index in [1.54, 1.807) is 0 Å². The topological polar surface area (TPSA) is 61.3 Å². The Morgan fingerprint density at radius 2 is 2.12 bits per heavy atom. The lowest BCUT2D eigenvalue weighted by Gasteiger charge is -2.31. The molecule has 1 aliphatic heterocycles. The number of aromatic nitrogens is 2. The normalized spacial score (nSPS) is 20.9. The number of hydrogen-bond acceptors (Lipinski definition) is 5. The van der Waals surface area contributed by atoms with Crippen LogP contribution in [0.25, 0.3) is 0 Å². The minimum atomic E-state index is 0.122. The molecule has 5 nitrogen and oxygen atoms in total. The van der Waals surface area contributed by atoms with Crippen LogP contribution in [0, 0.1) is 0 Å². The maximum atomic E-state index is 8.96. The summed E-state index contributed by atoms with van der Waals surface area (Å²) in [5.41, 5.74) is 3.49. The molecule has 1 aromatic heterocycles. The van der Waals surface area contributed by atoms with Gasteiger partial charge in [0.1, 0.15) is 0 Å². The highest BCUT2D eigenvalue weighted by Crippen LogP contribution is 2.17. The Balaban J connectivity index is 2.06. The molecule has 0 aromatic carbocycles. The molecule has 1 fully saturated rings. The molecule has 2 heterocycles. The van der Waals surface area contributed by atoms with E-state index < -0.39 is 0 Å². The third-order valence-electron chi connectivity index (χ3n) is 3.21. The van der Waals surface area contributed by atoms with E-state index in [-0.39, 0.29) is 6.04 Å². The van der Waals surface area contributed by atoms with Crippen LogP contribution < -0.4 is 10.4 Å². The summed E-state index contributed by atoms with van der Waals surface area (Å²) in [6, 6.07) is 0.122. The van der Waals surface area contributed by atoms with E-state index in [0.717, 1.165) is 37.4 Å². The lowest BCUT2D eigenvalue weighted by Crippen LogP contribution is -2.45. The second-order valence-electron chi connectivity index (χ2n) is 4.89. The Morgan fingerprint density at radius 3 is 2.71 bits per heavy atom. The van der Waals surface area contributed by atoms with Gasteiger partial charge in [0.25, 0.3) is 0 Å². The fourth-order valence-corrected chi connectivity index (χ4v) is 2.06. The number of piperidine rings is 1. The van der Waals surface area contributed by atoms with Gasteiger partial charge in [-0.25, -0.2) is 15.4 Å². The maximum Gasteiger partial charge on any atom is 0.225 e. The first-order valence-electron chi connectivity index (χ1n) is 6.17. The summed E-state index contributed by atoms with van der Waals surface area (Å²) in [6.45, 7) is 5.98. The molecule has 1 unspecified atom stereocenters. The molecular formula is C12H20N4O. The van der Waals surface area contributed by atoms with Crippen LogP contribution in [-0.4, -0.2) is 34.3 Å². The van der Waals surface area contributed by atoms with Crippen LogP contribution >= 0.6 is 0 Å². The summed E-state index contributed by atoms with van der Waals surface area (Å²) >= 11 is 0. The molecule has 1 aliphatic rings. The Hall–Kier alpha value is -1.20. The van der Waals surface area contributed by atoms with Gasteiger partial charge in [-0.1, -0.05) is 13.8 Å². The van der Waals surface area contributed by atoms with Crippen LogP contribution in [0.1, 0.15) is 38.2 Å². The molecule has 0 radical (unpaired) electrons. The minimum Gasteiger partial charge on any atom is -0.339 e. The number of nitrogens with zero attached hydrogens (tertiary/aromatic N) is 3. The van der Waals surface area contributed by atoms with Crippen LogP contribution in [0.4, 0.5) is 5.95 Å². The second kappa shape index (κ2) is 5.42. The molecule has 2 N–H and O–H groups in total. The largest absolute Gasteiger partial charge is 0.339 e. The molecule has 0 aliphatic carbocycles. The van der Waals surface area contributed by atoms with Gasteiger partial charge < -0.3 is 10.1 Å². The predicted octanol–water partition coefficient (Wildman–Crippen LogP) is 1.55. The zero-order valence-corrected chi connectivity index (χ0v) is 10.4. The van der Waals surface area contributed by atoms with Gasteiger partial charge in [-0.15, -0.1) is 0 Å². The highest BCUT2D eigenvalue weighted by Gasteiger charge is 2.20. The predicted molar refractivity (Wildman–Crippen MR) is 66.3 cm³/mol. The van der Waals surface area contributed by atoms with E-state index in [1.807, 2.05) is 12.4 Å². The average molecular weight is 236 g/mol. The van der Waals surface area contributed by atoms with Crippen molar-refractivity contribution in [3.05, 3.63) is 18.0 Å². The van der Waals surface area contributed by atoms with Gasteiger partial charge in [-0.3, -0.25) is 0 Å². The molecule has 5 heteroatoms. The molecule has 1 atom stereocenters. The molecule has 0 saturated carbocycles. The zero-order chi connectivity index (χ0) is 12.3. The minimum absolute atomic E-state index is 0.122. The van der Waals surface area contributed by atoms with Crippen molar-refractivity contribution in [1.82, 2.24) is 15.4 Å². The Morgan fingerprint density at radius 1 is 1.41 bits per heavy atom. The third-order valence-corrected chi connectivity index (χ3v) is 3.21. The summed E-state index contributed by atoms with van der Waals surface area (Å²) in [7, 11) is 0. The van der Waals surface area contributed by atoms with Crippen LogP contribution in [0.5, 0.6) is 0 Å². The van der Waals surface area contributed by atoms with Gasteiger partial charge in [0, 0.05) is 31.5 Å². The van der Waals surface area contributed by atoms with Crippen molar-refractivity contribution in [2.75, 3.05) is 18.0 Å². The van der Waals surface area contributed by atoms with Crippen molar-refractivity contribution < 1.29 is 5.21 Å². The molecule has 2 rings (SSSR count). The van der Waals surface area contributed by atoms with E-state index in [0.29, 0.717) is 5.92 Å². The summed E-state index contributed by atoms with van der Waals surface area (Å²) in [4.78, 5) is 10.9. The molecular weight excluding hydrogens is 216 g/mol. The van der Waals surface area contributed by atoms with E-state index in [9.17, 15) is 0 Å². The lowest BCUT2D eigenvalue weighted by molar-refractivity contribution is 0.117. The molecule has 1 aromatic rings. The van der Waals surface area contributed by atoms with Crippen molar-refractivity contribution in [3.63, 3.8) is 0 Å². The van der Waals surface area contributed by atoms with Crippen molar-refractivity contribution in [3.8, 4) is 0 Å². The van der Waals surface area contributed by atoms with Gasteiger partial charge in [0.2, 0.25) is 5.95 Å². The Labute approximate surface area is 102 Å². The average Bonchev–Trinajstić information content (AvgIpc) is 2.39.